The van der Waals surface area contributed by atoms with Crippen molar-refractivity contribution in [2.45, 2.75) is 51.5 Å². The van der Waals surface area contributed by atoms with Gasteiger partial charge in [0.05, 0.1) is 12.3 Å². The highest BCUT2D eigenvalue weighted by Crippen LogP contribution is 2.38. The van der Waals surface area contributed by atoms with E-state index in [1.165, 1.54) is 10.4 Å². The van der Waals surface area contributed by atoms with Crippen LogP contribution in [0.15, 0.2) is 78.2 Å². The molecular weight excluding hydrogens is 430 g/mol. The van der Waals surface area contributed by atoms with E-state index in [4.69, 9.17) is 14.5 Å². The molecule has 0 spiro atoms. The van der Waals surface area contributed by atoms with Gasteiger partial charge in [0.2, 0.25) is 0 Å². The molecule has 3 rings (SSSR count). The van der Waals surface area contributed by atoms with E-state index in [0.717, 1.165) is 17.1 Å². The van der Waals surface area contributed by atoms with Gasteiger partial charge in [-0.15, -0.1) is 11.3 Å². The van der Waals surface area contributed by atoms with Gasteiger partial charge in [-0.25, -0.2) is 4.98 Å². The fraction of sp³-hybridized carbons (Fsp3) is 0.370. The molecule has 170 valence electrons. The number of thiazole rings is 1. The Morgan fingerprint density at radius 1 is 0.906 bits per heavy atom. The van der Waals surface area contributed by atoms with E-state index in [1.807, 2.05) is 6.08 Å². The monoisotopic (exact) mass is 465 g/mol. The van der Waals surface area contributed by atoms with Crippen LogP contribution in [0.5, 0.6) is 0 Å². The summed E-state index contributed by atoms with van der Waals surface area (Å²) in [5.74, 6) is 0. The van der Waals surface area contributed by atoms with Crippen LogP contribution in [-0.2, 0) is 16.3 Å². The molecule has 3 aromatic rings. The maximum Gasteiger partial charge on any atom is 0.261 e. The highest BCUT2D eigenvalue weighted by Gasteiger charge is 2.51. The van der Waals surface area contributed by atoms with Gasteiger partial charge in [0.25, 0.3) is 8.32 Å². The first-order valence-electron chi connectivity index (χ1n) is 11.2. The molecule has 5 heteroatoms. The molecule has 0 aliphatic rings. The molecule has 0 atom stereocenters. The van der Waals surface area contributed by atoms with Crippen LogP contribution < -0.4 is 10.4 Å². The third-order valence-corrected chi connectivity index (χ3v) is 12.0. The van der Waals surface area contributed by atoms with Crippen molar-refractivity contribution in [1.29, 1.82) is 0 Å². The largest absolute Gasteiger partial charge is 0.406 e. The number of rotatable bonds is 9. The average Bonchev–Trinajstić information content (AvgIpc) is 3.25. The van der Waals surface area contributed by atoms with Crippen LogP contribution in [0, 0.1) is 0 Å². The summed E-state index contributed by atoms with van der Waals surface area (Å²) in [5, 5.41) is 14.7. The summed E-state index contributed by atoms with van der Waals surface area (Å²) in [6.07, 6.45) is 4.46. The Balaban J connectivity index is 1.96. The maximum absolute atomic E-state index is 8.96. The highest BCUT2D eigenvalue weighted by molar-refractivity contribution is 7.09. The summed E-state index contributed by atoms with van der Waals surface area (Å²) in [6, 6.07) is 21.5. The normalized spacial score (nSPS) is 13.1. The number of aliphatic hydroxyl groups excluding tert-OH is 1. The summed E-state index contributed by atoms with van der Waals surface area (Å²) >= 11 is 1.69. The van der Waals surface area contributed by atoms with Crippen LogP contribution >= 0.6 is 11.3 Å². The topological polar surface area (TPSA) is 42.4 Å². The van der Waals surface area contributed by atoms with Gasteiger partial charge in [0.15, 0.2) is 0 Å². The molecule has 0 fully saturated rings. The molecule has 0 aliphatic carbocycles. The fourth-order valence-electron chi connectivity index (χ4n) is 4.10. The first-order chi connectivity index (χ1) is 15.2. The third-order valence-electron chi connectivity index (χ3n) is 5.80. The quantitative estimate of drug-likeness (QED) is 0.354. The predicted octanol–water partition coefficient (Wildman–Crippen LogP) is 5.09. The molecule has 0 saturated heterocycles. The summed E-state index contributed by atoms with van der Waals surface area (Å²) in [5.41, 5.74) is 0.824. The van der Waals surface area contributed by atoms with Gasteiger partial charge in [-0.3, -0.25) is 0 Å². The van der Waals surface area contributed by atoms with Gasteiger partial charge in [0.1, 0.15) is 5.01 Å². The number of benzene rings is 2. The Labute approximate surface area is 198 Å². The summed E-state index contributed by atoms with van der Waals surface area (Å²) < 4.78 is 7.15. The molecule has 1 N–H and O–H groups in total. The van der Waals surface area contributed by atoms with Gasteiger partial charge in [-0.05, 0) is 15.4 Å². The lowest BCUT2D eigenvalue weighted by Gasteiger charge is -2.44. The smallest absolute Gasteiger partial charge is 0.261 e. The van der Waals surface area contributed by atoms with E-state index in [2.05, 4.69) is 101 Å². The molecule has 2 aromatic carbocycles. The lowest BCUT2D eigenvalue weighted by Crippen LogP contribution is -2.67. The van der Waals surface area contributed by atoms with Crippen LogP contribution in [0.2, 0.25) is 5.04 Å². The second-order valence-corrected chi connectivity index (χ2v) is 15.0. The minimum Gasteiger partial charge on any atom is -0.406 e. The molecule has 32 heavy (non-hydrogen) atoms. The molecule has 0 saturated carbocycles. The first kappa shape index (κ1) is 24.6. The van der Waals surface area contributed by atoms with E-state index >= 15 is 0 Å². The lowest BCUT2D eigenvalue weighted by molar-refractivity contribution is 0.226. The van der Waals surface area contributed by atoms with Crippen molar-refractivity contribution in [2.75, 3.05) is 13.2 Å². The van der Waals surface area contributed by atoms with Gasteiger partial charge >= 0.3 is 0 Å². The van der Waals surface area contributed by atoms with Crippen molar-refractivity contribution in [1.82, 2.24) is 4.98 Å². The van der Waals surface area contributed by atoms with E-state index < -0.39 is 8.32 Å². The van der Waals surface area contributed by atoms with Crippen LogP contribution in [0.4, 0.5) is 0 Å². The Morgan fingerprint density at radius 3 is 1.97 bits per heavy atom. The van der Waals surface area contributed by atoms with Crippen LogP contribution in [-0.4, -0.2) is 31.6 Å². The third kappa shape index (κ3) is 5.29. The van der Waals surface area contributed by atoms with Gasteiger partial charge in [-0.2, -0.15) is 0 Å². The number of hydrogen-bond donors (Lipinski definition) is 1. The van der Waals surface area contributed by atoms with Crippen LogP contribution in [0.3, 0.4) is 0 Å². The molecule has 0 unspecified atom stereocenters. The maximum atomic E-state index is 8.96. The van der Waals surface area contributed by atoms with Gasteiger partial charge in [-0.1, -0.05) is 107 Å². The summed E-state index contributed by atoms with van der Waals surface area (Å²) in [6.45, 7) is 12.0. The van der Waals surface area contributed by atoms with E-state index in [1.54, 1.807) is 17.4 Å². The van der Waals surface area contributed by atoms with Gasteiger partial charge < -0.3 is 9.53 Å². The second kappa shape index (κ2) is 10.3. The van der Waals surface area contributed by atoms with Crippen molar-refractivity contribution in [3.8, 4) is 0 Å². The van der Waals surface area contributed by atoms with Crippen LogP contribution in [0.25, 0.3) is 0 Å². The molecule has 1 aromatic heterocycles. The van der Waals surface area contributed by atoms with E-state index in [9.17, 15) is 0 Å². The van der Waals surface area contributed by atoms with Crippen molar-refractivity contribution in [2.24, 2.45) is 0 Å². The molecule has 1 heterocycles. The molecule has 0 aliphatic heterocycles. The first-order valence-corrected chi connectivity index (χ1v) is 14.0. The Morgan fingerprint density at radius 2 is 1.47 bits per heavy atom. The molecule has 0 amide bonds. The zero-order chi connectivity index (χ0) is 23.2. The zero-order valence-corrected chi connectivity index (χ0v) is 21.7. The predicted molar refractivity (Wildman–Crippen MR) is 139 cm³/mol. The number of hydrogen-bond acceptors (Lipinski definition) is 4. The van der Waals surface area contributed by atoms with Crippen molar-refractivity contribution in [3.63, 3.8) is 0 Å². The number of allylic oxidation sites excluding steroid dienone is 1. The number of aromatic nitrogens is 1. The molecular formula is C27H35NO2SSi. The lowest BCUT2D eigenvalue weighted by atomic mass is 9.96. The Hall–Kier alpha value is -2.05. The minimum atomic E-state index is -2.57. The number of aliphatic hydroxyl groups is 1. The zero-order valence-electron chi connectivity index (χ0n) is 19.8. The van der Waals surface area contributed by atoms with E-state index in [-0.39, 0.29) is 17.1 Å². The second-order valence-electron chi connectivity index (χ2n) is 9.84. The summed E-state index contributed by atoms with van der Waals surface area (Å²) in [7, 11) is -2.57. The minimum absolute atomic E-state index is 0.0467. The average molecular weight is 466 g/mol. The van der Waals surface area contributed by atoms with E-state index in [0.29, 0.717) is 6.61 Å². The van der Waals surface area contributed by atoms with Crippen molar-refractivity contribution in [3.05, 3.63) is 88.9 Å². The van der Waals surface area contributed by atoms with Crippen LogP contribution in [0.1, 0.15) is 45.3 Å². The fourth-order valence-corrected chi connectivity index (χ4v) is 9.78. The van der Waals surface area contributed by atoms with Crippen molar-refractivity contribution >= 4 is 30.0 Å². The molecule has 0 radical (unpaired) electrons. The van der Waals surface area contributed by atoms with Gasteiger partial charge in [0, 0.05) is 23.8 Å². The Kier molecular flexibility index (Phi) is 7.88. The molecule has 0 bridgehead atoms. The SMILES string of the molecule is CC(C)(CO[Si](c1ccccc1)(c1ccccc1)C(C)(C)C)c1nc(C/C=C/CO)cs1. The van der Waals surface area contributed by atoms with Crippen molar-refractivity contribution < 1.29 is 9.53 Å². The molecule has 3 nitrogen and oxygen atoms in total. The highest BCUT2D eigenvalue weighted by atomic mass is 32.1. The Bertz CT molecular complexity index is 967. The number of nitrogens with zero attached hydrogens (tertiary/aromatic N) is 1. The summed E-state index contributed by atoms with van der Waals surface area (Å²) in [4.78, 5) is 4.88. The standard InChI is InChI=1S/C27H35NO2SSi/c1-26(2,3)32(23-15-8-6-9-16-23,24-17-10-7-11-18-24)30-21-27(4,5)25-28-22(20-31-25)14-12-13-19-29/h6-13,15-18,20,29H,14,19,21H2,1-5H3/b13-12+.